The Morgan fingerprint density at radius 3 is 2.39 bits per heavy atom. The van der Waals surface area contributed by atoms with Crippen LogP contribution in [0.3, 0.4) is 0 Å². The zero-order valence-electron chi connectivity index (χ0n) is 15.2. The van der Waals surface area contributed by atoms with Crippen LogP contribution < -0.4 is 9.96 Å². The number of hydrogen-bond donors (Lipinski definition) is 0. The second-order valence-corrected chi connectivity index (χ2v) is 8.00. The highest BCUT2D eigenvalue weighted by atomic mass is 32.1. The molecule has 3 atom stereocenters. The molecule has 2 fully saturated rings. The molecule has 0 unspecified atom stereocenters. The number of carbonyl (C=O) groups is 2. The fraction of sp³-hybridized carbons (Fsp3) is 0.182. The van der Waals surface area contributed by atoms with Crippen molar-refractivity contribution in [3.63, 3.8) is 0 Å². The van der Waals surface area contributed by atoms with Crippen molar-refractivity contribution in [3.8, 4) is 0 Å². The average molecular weight is 390 g/mol. The number of aryl methyl sites for hydroxylation is 1. The van der Waals surface area contributed by atoms with E-state index in [2.05, 4.69) is 0 Å². The predicted molar refractivity (Wildman–Crippen MR) is 108 cm³/mol. The lowest BCUT2D eigenvalue weighted by Crippen LogP contribution is -2.37. The number of amides is 2. The molecule has 5 rings (SSSR count). The number of anilines is 2. The van der Waals surface area contributed by atoms with Crippen LogP contribution >= 0.6 is 11.3 Å². The third-order valence-corrected chi connectivity index (χ3v) is 6.16. The van der Waals surface area contributed by atoms with Crippen LogP contribution in [0.25, 0.3) is 0 Å². The number of imide groups is 1. The predicted octanol–water partition coefficient (Wildman–Crippen LogP) is 4.11. The molecule has 3 aromatic rings. The molecule has 0 N–H and O–H groups in total. The van der Waals surface area contributed by atoms with Crippen LogP contribution in [0.5, 0.6) is 0 Å². The van der Waals surface area contributed by atoms with Crippen LogP contribution in [0.1, 0.15) is 16.5 Å². The molecular weight excluding hydrogens is 372 g/mol. The van der Waals surface area contributed by atoms with E-state index >= 15 is 0 Å². The maximum Gasteiger partial charge on any atom is 0.266 e. The minimum absolute atomic E-state index is 0.211. The van der Waals surface area contributed by atoms with Crippen molar-refractivity contribution in [2.75, 3.05) is 9.96 Å². The van der Waals surface area contributed by atoms with Gasteiger partial charge in [-0.05, 0) is 48.2 Å². The summed E-state index contributed by atoms with van der Waals surface area (Å²) in [5.74, 6) is -1.09. The monoisotopic (exact) mass is 390 g/mol. The van der Waals surface area contributed by atoms with Gasteiger partial charge in [0.05, 0.1) is 11.4 Å². The van der Waals surface area contributed by atoms with E-state index < -0.39 is 12.0 Å². The normalized spacial score (nSPS) is 24.1. The minimum atomic E-state index is -0.819. The first kappa shape index (κ1) is 17.2. The summed E-state index contributed by atoms with van der Waals surface area (Å²) in [6, 6.07) is 20.7. The zero-order chi connectivity index (χ0) is 19.3. The Morgan fingerprint density at radius 1 is 0.893 bits per heavy atom. The van der Waals surface area contributed by atoms with E-state index in [1.165, 1.54) is 4.90 Å². The second kappa shape index (κ2) is 6.58. The lowest BCUT2D eigenvalue weighted by atomic mass is 9.95. The van der Waals surface area contributed by atoms with Crippen molar-refractivity contribution < 1.29 is 14.4 Å². The summed E-state index contributed by atoms with van der Waals surface area (Å²) >= 11 is 1.57. The number of carbonyl (C=O) groups excluding carboxylic acids is 2. The molecule has 5 nitrogen and oxygen atoms in total. The van der Waals surface area contributed by atoms with Crippen molar-refractivity contribution in [2.24, 2.45) is 5.92 Å². The Bertz CT molecular complexity index is 1030. The average Bonchev–Trinajstić information content (AvgIpc) is 3.40. The first-order valence-electron chi connectivity index (χ1n) is 9.14. The van der Waals surface area contributed by atoms with E-state index in [1.54, 1.807) is 22.5 Å². The Hall–Kier alpha value is -2.96. The van der Waals surface area contributed by atoms with Crippen molar-refractivity contribution in [2.45, 2.75) is 19.1 Å². The molecule has 0 bridgehead atoms. The number of thiophene rings is 1. The molecule has 140 valence electrons. The Labute approximate surface area is 166 Å². The van der Waals surface area contributed by atoms with Crippen LogP contribution in [0.4, 0.5) is 11.4 Å². The van der Waals surface area contributed by atoms with Crippen LogP contribution in [0, 0.1) is 12.8 Å². The van der Waals surface area contributed by atoms with Gasteiger partial charge in [0.25, 0.3) is 5.91 Å². The third-order valence-electron chi connectivity index (χ3n) is 5.22. The number of fused-ring (bicyclic) bond motifs is 1. The summed E-state index contributed by atoms with van der Waals surface area (Å²) in [6.45, 7) is 1.94. The quantitative estimate of drug-likeness (QED) is 0.632. The molecule has 2 aliphatic heterocycles. The molecule has 0 aliphatic carbocycles. The van der Waals surface area contributed by atoms with Crippen molar-refractivity contribution in [1.29, 1.82) is 0 Å². The molecule has 2 aliphatic rings. The molecule has 2 aromatic carbocycles. The highest BCUT2D eigenvalue weighted by Crippen LogP contribution is 2.48. The van der Waals surface area contributed by atoms with E-state index in [0.717, 1.165) is 16.1 Å². The van der Waals surface area contributed by atoms with Crippen molar-refractivity contribution in [1.82, 2.24) is 0 Å². The van der Waals surface area contributed by atoms with Crippen molar-refractivity contribution >= 4 is 34.5 Å². The lowest BCUT2D eigenvalue weighted by Gasteiger charge is -2.27. The summed E-state index contributed by atoms with van der Waals surface area (Å²) < 4.78 is 0. The van der Waals surface area contributed by atoms with E-state index in [4.69, 9.17) is 4.84 Å². The summed E-state index contributed by atoms with van der Waals surface area (Å²) in [5, 5.41) is 3.70. The smallest absolute Gasteiger partial charge is 0.266 e. The number of hydrogen-bond acceptors (Lipinski definition) is 5. The van der Waals surface area contributed by atoms with Crippen LogP contribution in [-0.4, -0.2) is 17.9 Å². The van der Waals surface area contributed by atoms with Crippen LogP contribution in [0.2, 0.25) is 0 Å². The van der Waals surface area contributed by atoms with Gasteiger partial charge < -0.3 is 0 Å². The van der Waals surface area contributed by atoms with Gasteiger partial charge in [0, 0.05) is 4.88 Å². The Kier molecular flexibility index (Phi) is 4.03. The van der Waals surface area contributed by atoms with Gasteiger partial charge in [0.15, 0.2) is 6.10 Å². The molecule has 1 aromatic heterocycles. The highest BCUT2D eigenvalue weighted by Gasteiger charge is 2.60. The summed E-state index contributed by atoms with van der Waals surface area (Å²) in [6.07, 6.45) is -0.819. The molecule has 28 heavy (non-hydrogen) atoms. The van der Waals surface area contributed by atoms with E-state index in [0.29, 0.717) is 5.69 Å². The molecule has 2 amide bonds. The number of benzene rings is 2. The van der Waals surface area contributed by atoms with E-state index in [-0.39, 0.29) is 17.9 Å². The van der Waals surface area contributed by atoms with Gasteiger partial charge in [-0.3, -0.25) is 14.4 Å². The van der Waals surface area contributed by atoms with Gasteiger partial charge in [-0.15, -0.1) is 11.3 Å². The lowest BCUT2D eigenvalue weighted by molar-refractivity contribution is -0.126. The van der Waals surface area contributed by atoms with Crippen LogP contribution in [-0.2, 0) is 14.4 Å². The fourth-order valence-corrected chi connectivity index (χ4v) is 4.84. The fourth-order valence-electron chi connectivity index (χ4n) is 3.98. The summed E-state index contributed by atoms with van der Waals surface area (Å²) in [4.78, 5) is 34.9. The third kappa shape index (κ3) is 2.57. The molecule has 6 heteroatoms. The van der Waals surface area contributed by atoms with Crippen molar-refractivity contribution in [3.05, 3.63) is 82.6 Å². The van der Waals surface area contributed by atoms with Gasteiger partial charge >= 0.3 is 0 Å². The maximum atomic E-state index is 13.4. The highest BCUT2D eigenvalue weighted by molar-refractivity contribution is 7.10. The number of nitrogens with zero attached hydrogens (tertiary/aromatic N) is 2. The molecular formula is C22H18N2O3S. The van der Waals surface area contributed by atoms with Gasteiger partial charge in [0.2, 0.25) is 5.91 Å². The standard InChI is InChI=1S/C22H18N2O3S/c1-14-7-5-10-16(13-14)23-21(25)18-19(17-11-6-12-28-17)24(27-20(18)22(23)26)15-8-3-2-4-9-15/h2-13,18-20H,1H3/t18-,19-,20-/m1/s1. The number of rotatable bonds is 3. The first-order chi connectivity index (χ1) is 13.6. The van der Waals surface area contributed by atoms with Crippen LogP contribution in [0.15, 0.2) is 72.1 Å². The SMILES string of the molecule is Cc1cccc(N2C(=O)[C@@H]3[C@@H](c4cccs4)N(c4ccccc4)O[C@H]3C2=O)c1. The topological polar surface area (TPSA) is 49.9 Å². The number of para-hydroxylation sites is 1. The van der Waals surface area contributed by atoms with Gasteiger partial charge in [-0.25, -0.2) is 9.96 Å². The molecule has 2 saturated heterocycles. The number of hydroxylamine groups is 1. The van der Waals surface area contributed by atoms with Gasteiger partial charge in [0.1, 0.15) is 12.0 Å². The first-order valence-corrected chi connectivity index (χ1v) is 10.0. The Balaban J connectivity index is 1.57. The van der Waals surface area contributed by atoms with E-state index in [1.807, 2.05) is 73.0 Å². The molecule has 0 saturated carbocycles. The Morgan fingerprint density at radius 2 is 1.68 bits per heavy atom. The molecule has 0 spiro atoms. The second-order valence-electron chi connectivity index (χ2n) is 7.02. The largest absolute Gasteiger partial charge is 0.273 e. The van der Waals surface area contributed by atoms with E-state index in [9.17, 15) is 9.59 Å². The molecule has 0 radical (unpaired) electrons. The summed E-state index contributed by atoms with van der Waals surface area (Å²) in [7, 11) is 0. The minimum Gasteiger partial charge on any atom is -0.273 e. The zero-order valence-corrected chi connectivity index (χ0v) is 16.0. The molecule has 3 heterocycles. The maximum absolute atomic E-state index is 13.4. The van der Waals surface area contributed by atoms with Gasteiger partial charge in [-0.2, -0.15) is 0 Å². The summed E-state index contributed by atoms with van der Waals surface area (Å²) in [5.41, 5.74) is 2.43. The van der Waals surface area contributed by atoms with Gasteiger partial charge in [-0.1, -0.05) is 36.4 Å².